The Labute approximate surface area is 141 Å². The second kappa shape index (κ2) is 5.65. The Hall–Kier alpha value is -1.30. The molecule has 1 aromatic rings. The van der Waals surface area contributed by atoms with E-state index in [9.17, 15) is 9.90 Å². The van der Waals surface area contributed by atoms with Crippen LogP contribution in [-0.4, -0.2) is 34.8 Å². The fourth-order valence-corrected chi connectivity index (χ4v) is 3.66. The smallest absolute Gasteiger partial charge is 0.410 e. The molecule has 2 aliphatic rings. The van der Waals surface area contributed by atoms with Crippen molar-refractivity contribution in [3.63, 3.8) is 0 Å². The molecule has 5 nitrogen and oxygen atoms in total. The topological polar surface area (TPSA) is 59.0 Å². The van der Waals surface area contributed by atoms with Crippen molar-refractivity contribution < 1.29 is 19.4 Å². The van der Waals surface area contributed by atoms with E-state index in [0.29, 0.717) is 31.0 Å². The van der Waals surface area contributed by atoms with Gasteiger partial charge in [-0.15, -0.1) is 0 Å². The van der Waals surface area contributed by atoms with Crippen molar-refractivity contribution in [3.8, 4) is 0 Å². The fraction of sp³-hybridized carbons (Fsp3) is 0.588. The van der Waals surface area contributed by atoms with Gasteiger partial charge in [-0.25, -0.2) is 4.79 Å². The largest absolute Gasteiger partial charge is 0.444 e. The molecule has 2 aliphatic heterocycles. The van der Waals surface area contributed by atoms with Gasteiger partial charge in [0.05, 0.1) is 0 Å². The molecule has 2 heterocycles. The number of benzene rings is 1. The van der Waals surface area contributed by atoms with Crippen LogP contribution in [0.1, 0.15) is 51.0 Å². The van der Waals surface area contributed by atoms with E-state index >= 15 is 0 Å². The van der Waals surface area contributed by atoms with Gasteiger partial charge < -0.3 is 19.5 Å². The van der Waals surface area contributed by atoms with Crippen molar-refractivity contribution in [1.29, 1.82) is 0 Å². The number of aliphatic hydroxyl groups is 1. The number of rotatable bonds is 0. The van der Waals surface area contributed by atoms with Gasteiger partial charge in [-0.1, -0.05) is 23.7 Å². The predicted octanol–water partition coefficient (Wildman–Crippen LogP) is 3.59. The average Bonchev–Trinajstić information content (AvgIpc) is 2.72. The molecule has 0 radical (unpaired) electrons. The molecule has 1 spiro atoms. The van der Waals surface area contributed by atoms with Crippen LogP contribution in [0.25, 0.3) is 0 Å². The van der Waals surface area contributed by atoms with Crippen molar-refractivity contribution in [3.05, 3.63) is 34.3 Å². The minimum absolute atomic E-state index is 0.315. The van der Waals surface area contributed by atoms with Gasteiger partial charge in [0.25, 0.3) is 0 Å². The molecule has 126 valence electrons. The molecular formula is C17H22ClNO4. The molecule has 1 N–H and O–H groups in total. The number of nitrogens with zero attached hydrogens (tertiary/aromatic N) is 1. The van der Waals surface area contributed by atoms with Gasteiger partial charge in [-0.3, -0.25) is 0 Å². The molecule has 0 aliphatic carbocycles. The van der Waals surface area contributed by atoms with E-state index in [-0.39, 0.29) is 6.09 Å². The van der Waals surface area contributed by atoms with Gasteiger partial charge in [-0.2, -0.15) is 0 Å². The second-order valence-electron chi connectivity index (χ2n) is 7.14. The minimum Gasteiger partial charge on any atom is -0.444 e. The summed E-state index contributed by atoms with van der Waals surface area (Å²) >= 11 is 6.35. The number of fused-ring (bicyclic) bond motifs is 2. The molecule has 1 saturated heterocycles. The Morgan fingerprint density at radius 2 is 2.04 bits per heavy atom. The van der Waals surface area contributed by atoms with Gasteiger partial charge >= 0.3 is 6.09 Å². The molecular weight excluding hydrogens is 318 g/mol. The summed E-state index contributed by atoms with van der Waals surface area (Å²) in [6.45, 7) is 6.56. The third kappa shape index (κ3) is 3.05. The number of likely N-dealkylation sites (tertiary alicyclic amines) is 1. The van der Waals surface area contributed by atoms with E-state index in [1.165, 1.54) is 0 Å². The van der Waals surface area contributed by atoms with E-state index in [1.54, 1.807) is 4.90 Å². The number of carbonyl (C=O) groups is 1. The first-order chi connectivity index (χ1) is 10.7. The molecule has 23 heavy (non-hydrogen) atoms. The SMILES string of the molecule is CC(C)(C)OC(=O)N1CCC2(CC1)OC(O)c1cccc(Cl)c12. The van der Waals surface area contributed by atoms with Crippen molar-refractivity contribution in [1.82, 2.24) is 4.90 Å². The monoisotopic (exact) mass is 339 g/mol. The normalized spacial score (nSPS) is 23.0. The van der Waals surface area contributed by atoms with Gasteiger partial charge in [0, 0.05) is 29.2 Å². The van der Waals surface area contributed by atoms with Crippen molar-refractivity contribution >= 4 is 17.7 Å². The van der Waals surface area contributed by atoms with Crippen LogP contribution in [0.15, 0.2) is 18.2 Å². The maximum absolute atomic E-state index is 12.2. The molecule has 0 saturated carbocycles. The number of piperidine rings is 1. The van der Waals surface area contributed by atoms with E-state index in [2.05, 4.69) is 0 Å². The number of carbonyl (C=O) groups excluding carboxylic acids is 1. The van der Waals surface area contributed by atoms with Crippen LogP contribution in [0.3, 0.4) is 0 Å². The zero-order chi connectivity index (χ0) is 16.8. The highest BCUT2D eigenvalue weighted by molar-refractivity contribution is 6.31. The first kappa shape index (κ1) is 16.6. The van der Waals surface area contributed by atoms with Gasteiger partial charge in [0.2, 0.25) is 0 Å². The van der Waals surface area contributed by atoms with Crippen LogP contribution in [0.5, 0.6) is 0 Å². The summed E-state index contributed by atoms with van der Waals surface area (Å²) in [4.78, 5) is 13.9. The number of hydrogen-bond acceptors (Lipinski definition) is 4. The molecule has 1 amide bonds. The van der Waals surface area contributed by atoms with Crippen LogP contribution < -0.4 is 0 Å². The number of aliphatic hydroxyl groups excluding tert-OH is 1. The van der Waals surface area contributed by atoms with Crippen LogP contribution in [0.4, 0.5) is 4.79 Å². The van der Waals surface area contributed by atoms with E-state index in [4.69, 9.17) is 21.1 Å². The first-order valence-corrected chi connectivity index (χ1v) is 8.22. The lowest BCUT2D eigenvalue weighted by Gasteiger charge is -2.39. The van der Waals surface area contributed by atoms with Crippen molar-refractivity contribution in [2.75, 3.05) is 13.1 Å². The van der Waals surface area contributed by atoms with Crippen LogP contribution in [0.2, 0.25) is 5.02 Å². The van der Waals surface area contributed by atoms with Gasteiger partial charge in [-0.05, 0) is 39.7 Å². The minimum atomic E-state index is -0.961. The summed E-state index contributed by atoms with van der Waals surface area (Å²) in [5.41, 5.74) is 0.453. The molecule has 1 aromatic carbocycles. The maximum atomic E-state index is 12.2. The highest BCUT2D eigenvalue weighted by atomic mass is 35.5. The molecule has 1 unspecified atom stereocenters. The molecule has 0 aromatic heterocycles. The lowest BCUT2D eigenvalue weighted by atomic mass is 9.84. The number of ether oxygens (including phenoxy) is 2. The van der Waals surface area contributed by atoms with E-state index < -0.39 is 17.5 Å². The predicted molar refractivity (Wildman–Crippen MR) is 86.2 cm³/mol. The zero-order valence-electron chi connectivity index (χ0n) is 13.6. The Morgan fingerprint density at radius 1 is 1.39 bits per heavy atom. The van der Waals surface area contributed by atoms with Gasteiger partial charge in [0.15, 0.2) is 6.29 Å². The van der Waals surface area contributed by atoms with E-state index in [0.717, 1.165) is 11.1 Å². The Bertz CT molecular complexity index is 618. The molecule has 1 atom stereocenters. The van der Waals surface area contributed by atoms with Crippen molar-refractivity contribution in [2.24, 2.45) is 0 Å². The third-order valence-electron chi connectivity index (χ3n) is 4.33. The Balaban J connectivity index is 1.77. The summed E-state index contributed by atoms with van der Waals surface area (Å²) in [5, 5.41) is 10.8. The summed E-state index contributed by atoms with van der Waals surface area (Å²) in [6, 6.07) is 5.45. The fourth-order valence-electron chi connectivity index (χ4n) is 3.31. The molecule has 3 rings (SSSR count). The number of halogens is 1. The number of hydrogen-bond donors (Lipinski definition) is 1. The molecule has 0 bridgehead atoms. The second-order valence-corrected chi connectivity index (χ2v) is 7.54. The lowest BCUT2D eigenvalue weighted by Crippen LogP contribution is -2.47. The summed E-state index contributed by atoms with van der Waals surface area (Å²) < 4.78 is 11.3. The first-order valence-electron chi connectivity index (χ1n) is 7.85. The third-order valence-corrected chi connectivity index (χ3v) is 4.64. The lowest BCUT2D eigenvalue weighted by molar-refractivity contribution is -0.187. The highest BCUT2D eigenvalue weighted by Crippen LogP contribution is 2.51. The van der Waals surface area contributed by atoms with Crippen LogP contribution in [0, 0.1) is 0 Å². The van der Waals surface area contributed by atoms with Crippen molar-refractivity contribution in [2.45, 2.75) is 51.1 Å². The van der Waals surface area contributed by atoms with Crippen LogP contribution >= 0.6 is 11.6 Å². The molecule has 1 fully saturated rings. The summed E-state index contributed by atoms with van der Waals surface area (Å²) in [7, 11) is 0. The maximum Gasteiger partial charge on any atom is 0.410 e. The quantitative estimate of drug-likeness (QED) is 0.784. The standard InChI is InChI=1S/C17H22ClNO4/c1-16(2,3)23-15(21)19-9-7-17(8-10-19)13-11(14(20)22-17)5-4-6-12(13)18/h4-6,14,20H,7-10H2,1-3H3. The number of amides is 1. The Kier molecular flexibility index (Phi) is 4.07. The average molecular weight is 340 g/mol. The zero-order valence-corrected chi connectivity index (χ0v) is 14.4. The highest BCUT2D eigenvalue weighted by Gasteiger charge is 2.48. The molecule has 6 heteroatoms. The van der Waals surface area contributed by atoms with Gasteiger partial charge in [0.1, 0.15) is 11.2 Å². The Morgan fingerprint density at radius 3 is 2.65 bits per heavy atom. The van der Waals surface area contributed by atoms with E-state index in [1.807, 2.05) is 39.0 Å². The van der Waals surface area contributed by atoms with Crippen LogP contribution in [-0.2, 0) is 15.1 Å². The summed E-state index contributed by atoms with van der Waals surface area (Å²) in [6.07, 6.45) is -0.109. The summed E-state index contributed by atoms with van der Waals surface area (Å²) in [5.74, 6) is 0.